The number of rotatable bonds is 8. The minimum absolute atomic E-state index is 0.0722. The highest BCUT2D eigenvalue weighted by Gasteiger charge is 2.54. The third-order valence-electron chi connectivity index (χ3n) is 5.84. The van der Waals surface area contributed by atoms with Crippen LogP contribution in [-0.4, -0.2) is 30.1 Å². The van der Waals surface area contributed by atoms with Gasteiger partial charge in [-0.15, -0.1) is 0 Å². The normalized spacial score (nSPS) is 21.9. The van der Waals surface area contributed by atoms with Crippen molar-refractivity contribution in [2.24, 2.45) is 5.92 Å². The van der Waals surface area contributed by atoms with Crippen molar-refractivity contribution in [3.8, 4) is 0 Å². The monoisotopic (exact) mass is 448 g/mol. The van der Waals surface area contributed by atoms with E-state index in [-0.39, 0.29) is 19.6 Å². The van der Waals surface area contributed by atoms with Gasteiger partial charge in [0, 0.05) is 6.42 Å². The van der Waals surface area contributed by atoms with Crippen LogP contribution in [0.15, 0.2) is 91.0 Å². The van der Waals surface area contributed by atoms with Crippen LogP contribution in [0.1, 0.15) is 30.0 Å². The van der Waals surface area contributed by atoms with Crippen LogP contribution in [0.3, 0.4) is 0 Å². The molecule has 3 aromatic rings. The molecular weight excluding hydrogens is 420 g/mol. The Morgan fingerprint density at radius 2 is 1.42 bits per heavy atom. The summed E-state index contributed by atoms with van der Waals surface area (Å²) in [7, 11) is 0. The van der Waals surface area contributed by atoms with Gasteiger partial charge < -0.3 is 14.6 Å². The summed E-state index contributed by atoms with van der Waals surface area (Å²) in [5, 5.41) is 10.8. The Labute approximate surface area is 193 Å². The maximum Gasteiger partial charge on any atom is 0.314 e. The molecule has 0 spiro atoms. The van der Waals surface area contributed by atoms with E-state index in [0.29, 0.717) is 6.61 Å². The van der Waals surface area contributed by atoms with Crippen LogP contribution in [0, 0.1) is 5.92 Å². The summed E-state index contributed by atoms with van der Waals surface area (Å²) in [6, 6.07) is 28.8. The summed E-state index contributed by atoms with van der Waals surface area (Å²) in [5.74, 6) is -3.38. The van der Waals surface area contributed by atoms with E-state index in [4.69, 9.17) is 19.2 Å². The number of hydrogen-bond acceptors (Lipinski definition) is 6. The predicted molar refractivity (Wildman–Crippen MR) is 122 cm³/mol. The zero-order valence-corrected chi connectivity index (χ0v) is 18.6. The molecule has 1 aliphatic heterocycles. The Hall–Kier alpha value is -3.03. The van der Waals surface area contributed by atoms with Gasteiger partial charge in [-0.2, -0.15) is 4.89 Å². The van der Waals surface area contributed by atoms with Crippen LogP contribution < -0.4 is 0 Å². The number of esters is 1. The lowest BCUT2D eigenvalue weighted by atomic mass is 9.76. The van der Waals surface area contributed by atoms with E-state index in [2.05, 4.69) is 0 Å². The molecule has 2 atom stereocenters. The van der Waals surface area contributed by atoms with Gasteiger partial charge in [-0.3, -0.25) is 4.79 Å². The highest BCUT2D eigenvalue weighted by Crippen LogP contribution is 2.47. The summed E-state index contributed by atoms with van der Waals surface area (Å²) in [4.78, 5) is 24.3. The first-order valence-electron chi connectivity index (χ1n) is 11.0. The molecule has 1 N–H and O–H groups in total. The number of carbonyl (C=O) groups is 1. The largest absolute Gasteiger partial charge is 0.463 e. The molecule has 1 fully saturated rings. The maximum absolute atomic E-state index is 13.0. The van der Waals surface area contributed by atoms with Crippen molar-refractivity contribution in [2.75, 3.05) is 13.2 Å². The Morgan fingerprint density at radius 1 is 0.879 bits per heavy atom. The van der Waals surface area contributed by atoms with Gasteiger partial charge in [-0.1, -0.05) is 91.0 Å². The van der Waals surface area contributed by atoms with Crippen LogP contribution in [0.5, 0.6) is 0 Å². The molecule has 6 nitrogen and oxygen atoms in total. The van der Waals surface area contributed by atoms with Gasteiger partial charge in [0.15, 0.2) is 5.60 Å². The van der Waals surface area contributed by atoms with Gasteiger partial charge in [0.2, 0.25) is 5.79 Å². The smallest absolute Gasteiger partial charge is 0.314 e. The first kappa shape index (κ1) is 23.1. The molecule has 0 aromatic heterocycles. The molecule has 0 aliphatic carbocycles. The quantitative estimate of drug-likeness (QED) is 0.313. The average molecular weight is 449 g/mol. The van der Waals surface area contributed by atoms with Crippen molar-refractivity contribution in [1.82, 2.24) is 0 Å². The van der Waals surface area contributed by atoms with E-state index in [1.165, 1.54) is 6.92 Å². The average Bonchev–Trinajstić information content (AvgIpc) is 2.85. The number of aliphatic hydroxyl groups is 1. The molecule has 1 aliphatic rings. The summed E-state index contributed by atoms with van der Waals surface area (Å²) in [5.41, 5.74) is 1.60. The lowest BCUT2D eigenvalue weighted by Crippen LogP contribution is -2.53. The van der Waals surface area contributed by atoms with Crippen molar-refractivity contribution in [1.29, 1.82) is 0 Å². The summed E-state index contributed by atoms with van der Waals surface area (Å²) >= 11 is 0. The molecule has 1 heterocycles. The Kier molecular flexibility index (Phi) is 7.20. The minimum atomic E-state index is -1.84. The zero-order valence-electron chi connectivity index (χ0n) is 18.6. The second-order valence-electron chi connectivity index (χ2n) is 8.24. The molecule has 33 heavy (non-hydrogen) atoms. The van der Waals surface area contributed by atoms with Crippen molar-refractivity contribution in [2.45, 2.75) is 31.3 Å². The molecule has 0 radical (unpaired) electrons. The highest BCUT2D eigenvalue weighted by molar-refractivity contribution is 5.74. The minimum Gasteiger partial charge on any atom is -0.463 e. The standard InChI is InChI=1S/C27H28O6/c1-26(29)24(25(28)31-18-17-30-20-21-11-5-2-6-12-21)19-27(33-32-26,22-13-7-3-8-14-22)23-15-9-4-10-16-23/h2-16,24,29H,17-20H2,1H3. The first-order chi connectivity index (χ1) is 16.0. The molecule has 4 rings (SSSR count). The number of carbonyl (C=O) groups excluding carboxylic acids is 1. The molecular formula is C27H28O6. The van der Waals surface area contributed by atoms with E-state index >= 15 is 0 Å². The van der Waals surface area contributed by atoms with Crippen molar-refractivity contribution in [3.63, 3.8) is 0 Å². The van der Waals surface area contributed by atoms with Crippen LogP contribution in [-0.2, 0) is 36.3 Å². The van der Waals surface area contributed by atoms with E-state index in [1.54, 1.807) is 0 Å². The summed E-state index contributed by atoms with van der Waals surface area (Å²) < 4.78 is 11.1. The number of hydrogen-bond donors (Lipinski definition) is 1. The van der Waals surface area contributed by atoms with E-state index < -0.39 is 23.3 Å². The predicted octanol–water partition coefficient (Wildman–Crippen LogP) is 4.37. The zero-order chi connectivity index (χ0) is 23.2. The summed E-state index contributed by atoms with van der Waals surface area (Å²) in [6.07, 6.45) is 0.151. The molecule has 2 unspecified atom stereocenters. The number of benzene rings is 3. The molecule has 0 saturated carbocycles. The summed E-state index contributed by atoms with van der Waals surface area (Å²) in [6.45, 7) is 2.16. The topological polar surface area (TPSA) is 74.2 Å². The third-order valence-corrected chi connectivity index (χ3v) is 5.84. The molecule has 6 heteroatoms. The lowest BCUT2D eigenvalue weighted by molar-refractivity contribution is -0.489. The second-order valence-corrected chi connectivity index (χ2v) is 8.24. The van der Waals surface area contributed by atoms with Gasteiger partial charge in [0.25, 0.3) is 0 Å². The van der Waals surface area contributed by atoms with Crippen molar-refractivity contribution in [3.05, 3.63) is 108 Å². The van der Waals surface area contributed by atoms with Gasteiger partial charge in [0.1, 0.15) is 12.5 Å². The van der Waals surface area contributed by atoms with Crippen LogP contribution in [0.25, 0.3) is 0 Å². The molecule has 0 amide bonds. The molecule has 172 valence electrons. The van der Waals surface area contributed by atoms with Gasteiger partial charge in [0.05, 0.1) is 13.2 Å². The first-order valence-corrected chi connectivity index (χ1v) is 11.0. The fourth-order valence-corrected chi connectivity index (χ4v) is 4.01. The van der Waals surface area contributed by atoms with Crippen molar-refractivity contribution < 1.29 is 29.1 Å². The Balaban J connectivity index is 1.46. The van der Waals surface area contributed by atoms with Crippen LogP contribution in [0.4, 0.5) is 0 Å². The third kappa shape index (κ3) is 5.31. The molecule has 3 aromatic carbocycles. The fraction of sp³-hybridized carbons (Fsp3) is 0.296. The van der Waals surface area contributed by atoms with Crippen LogP contribution in [0.2, 0.25) is 0 Å². The second kappa shape index (κ2) is 10.3. The van der Waals surface area contributed by atoms with Crippen LogP contribution >= 0.6 is 0 Å². The highest BCUT2D eigenvalue weighted by atomic mass is 17.2. The fourth-order valence-electron chi connectivity index (χ4n) is 4.01. The van der Waals surface area contributed by atoms with E-state index in [9.17, 15) is 9.90 Å². The molecule has 1 saturated heterocycles. The maximum atomic E-state index is 13.0. The van der Waals surface area contributed by atoms with Crippen molar-refractivity contribution >= 4 is 5.97 Å². The Morgan fingerprint density at radius 3 is 2.00 bits per heavy atom. The van der Waals surface area contributed by atoms with Gasteiger partial charge in [-0.25, -0.2) is 4.89 Å². The Bertz CT molecular complexity index is 981. The lowest BCUT2D eigenvalue weighted by Gasteiger charge is -2.45. The van der Waals surface area contributed by atoms with E-state index in [1.807, 2.05) is 91.0 Å². The van der Waals surface area contributed by atoms with E-state index in [0.717, 1.165) is 16.7 Å². The number of ether oxygens (including phenoxy) is 2. The van der Waals surface area contributed by atoms with Gasteiger partial charge >= 0.3 is 5.97 Å². The molecule has 0 bridgehead atoms. The SMILES string of the molecule is CC1(O)OOC(c2ccccc2)(c2ccccc2)CC1C(=O)OCCOCc1ccccc1. The van der Waals surface area contributed by atoms with Gasteiger partial charge in [-0.05, 0) is 23.6 Å².